The molecule has 0 bridgehead atoms. The van der Waals surface area contributed by atoms with Gasteiger partial charge in [0.2, 0.25) is 11.8 Å². The lowest BCUT2D eigenvalue weighted by Gasteiger charge is -2.14. The van der Waals surface area contributed by atoms with Gasteiger partial charge in [0.25, 0.3) is 0 Å². The molecule has 0 fully saturated rings. The number of thiocarbonyl (C=S) groups is 1. The van der Waals surface area contributed by atoms with Crippen LogP contribution in [0.4, 0.5) is 11.4 Å². The lowest BCUT2D eigenvalue weighted by molar-refractivity contribution is -0.119. The fraction of sp³-hybridized carbons (Fsp3) is 0.190. The first kappa shape index (κ1) is 21.1. The summed E-state index contributed by atoms with van der Waals surface area (Å²) >= 11 is 5.17. The van der Waals surface area contributed by atoms with Gasteiger partial charge < -0.3 is 15.4 Å². The standard InChI is InChI=1S/C21H23N3O3S/c1-14(2)20(26)23-17-11-10-16(13-18(17)27-3)22-21(28)24-19(25)12-9-15-7-5-4-6-8-15/h4-14H,1-3H3,(H,23,26)(H2,22,24,25,28). The van der Waals surface area contributed by atoms with Gasteiger partial charge in [-0.15, -0.1) is 0 Å². The molecule has 0 atom stereocenters. The highest BCUT2D eigenvalue weighted by molar-refractivity contribution is 7.80. The molecule has 2 amide bonds. The van der Waals surface area contributed by atoms with Gasteiger partial charge in [0.05, 0.1) is 12.8 Å². The Morgan fingerprint density at radius 1 is 1.07 bits per heavy atom. The molecule has 3 N–H and O–H groups in total. The monoisotopic (exact) mass is 397 g/mol. The number of hydrogen-bond donors (Lipinski definition) is 3. The molecule has 0 aliphatic carbocycles. The Bertz CT molecular complexity index is 880. The van der Waals surface area contributed by atoms with E-state index < -0.39 is 0 Å². The third kappa shape index (κ3) is 6.51. The Balaban J connectivity index is 1.96. The van der Waals surface area contributed by atoms with E-state index in [9.17, 15) is 9.59 Å². The molecule has 7 heteroatoms. The zero-order valence-corrected chi connectivity index (χ0v) is 16.8. The van der Waals surface area contributed by atoms with Crippen LogP contribution in [0.15, 0.2) is 54.6 Å². The van der Waals surface area contributed by atoms with Crippen molar-refractivity contribution < 1.29 is 14.3 Å². The van der Waals surface area contributed by atoms with Crippen molar-refractivity contribution in [2.24, 2.45) is 5.92 Å². The normalized spacial score (nSPS) is 10.6. The van der Waals surface area contributed by atoms with Crippen molar-refractivity contribution in [2.45, 2.75) is 13.8 Å². The van der Waals surface area contributed by atoms with Crippen molar-refractivity contribution in [1.29, 1.82) is 0 Å². The molecule has 0 saturated heterocycles. The average molecular weight is 398 g/mol. The molecule has 0 heterocycles. The smallest absolute Gasteiger partial charge is 0.250 e. The number of nitrogens with one attached hydrogen (secondary N) is 3. The predicted molar refractivity (Wildman–Crippen MR) is 116 cm³/mol. The maximum atomic E-state index is 12.0. The summed E-state index contributed by atoms with van der Waals surface area (Å²) in [7, 11) is 1.51. The minimum Gasteiger partial charge on any atom is -0.494 e. The summed E-state index contributed by atoms with van der Waals surface area (Å²) in [6.07, 6.45) is 3.11. The van der Waals surface area contributed by atoms with E-state index in [-0.39, 0.29) is 22.8 Å². The van der Waals surface area contributed by atoms with Gasteiger partial charge in [0.1, 0.15) is 5.75 Å². The minimum absolute atomic E-state index is 0.105. The van der Waals surface area contributed by atoms with Crippen LogP contribution in [0.3, 0.4) is 0 Å². The van der Waals surface area contributed by atoms with Gasteiger partial charge in [0.15, 0.2) is 5.11 Å². The quantitative estimate of drug-likeness (QED) is 0.510. The molecule has 0 saturated carbocycles. The lowest BCUT2D eigenvalue weighted by atomic mass is 10.2. The first-order chi connectivity index (χ1) is 13.4. The van der Waals surface area contributed by atoms with Gasteiger partial charge in [0, 0.05) is 23.7 Å². The Labute approximate surface area is 170 Å². The fourth-order valence-corrected chi connectivity index (χ4v) is 2.42. The number of methoxy groups -OCH3 is 1. The van der Waals surface area contributed by atoms with E-state index in [2.05, 4.69) is 16.0 Å². The number of amides is 2. The molecule has 0 aromatic heterocycles. The number of hydrogen-bond acceptors (Lipinski definition) is 4. The minimum atomic E-state index is -0.339. The fourth-order valence-electron chi connectivity index (χ4n) is 2.20. The highest BCUT2D eigenvalue weighted by atomic mass is 32.1. The van der Waals surface area contributed by atoms with E-state index >= 15 is 0 Å². The first-order valence-electron chi connectivity index (χ1n) is 8.73. The molecule has 2 rings (SSSR count). The van der Waals surface area contributed by atoms with E-state index in [1.165, 1.54) is 13.2 Å². The maximum Gasteiger partial charge on any atom is 0.250 e. The molecule has 28 heavy (non-hydrogen) atoms. The van der Waals surface area contributed by atoms with Crippen molar-refractivity contribution >= 4 is 46.6 Å². The molecule has 0 aliphatic rings. The second-order valence-corrected chi connectivity index (χ2v) is 6.65. The maximum absolute atomic E-state index is 12.0. The topological polar surface area (TPSA) is 79.5 Å². The summed E-state index contributed by atoms with van der Waals surface area (Å²) in [6, 6.07) is 14.6. The third-order valence-electron chi connectivity index (χ3n) is 3.71. The van der Waals surface area contributed by atoms with Crippen molar-refractivity contribution in [2.75, 3.05) is 17.7 Å². The number of ether oxygens (including phenoxy) is 1. The van der Waals surface area contributed by atoms with Gasteiger partial charge >= 0.3 is 0 Å². The van der Waals surface area contributed by atoms with Gasteiger partial charge in [-0.25, -0.2) is 0 Å². The summed E-state index contributed by atoms with van der Waals surface area (Å²) in [6.45, 7) is 3.62. The van der Waals surface area contributed by atoms with Crippen molar-refractivity contribution in [1.82, 2.24) is 5.32 Å². The number of benzene rings is 2. The Morgan fingerprint density at radius 2 is 1.79 bits per heavy atom. The second kappa shape index (κ2) is 10.2. The molecular formula is C21H23N3O3S. The van der Waals surface area contributed by atoms with Crippen LogP contribution >= 0.6 is 12.2 Å². The summed E-state index contributed by atoms with van der Waals surface area (Å²) in [5, 5.41) is 8.46. The summed E-state index contributed by atoms with van der Waals surface area (Å²) < 4.78 is 5.32. The molecule has 2 aromatic rings. The molecule has 146 valence electrons. The Morgan fingerprint density at radius 3 is 2.43 bits per heavy atom. The molecule has 0 spiro atoms. The molecular weight excluding hydrogens is 374 g/mol. The van der Waals surface area contributed by atoms with E-state index in [0.717, 1.165) is 5.56 Å². The van der Waals surface area contributed by atoms with Gasteiger partial charge in [-0.05, 0) is 36.0 Å². The summed E-state index contributed by atoms with van der Waals surface area (Å²) in [4.78, 5) is 23.9. The zero-order chi connectivity index (χ0) is 20.5. The first-order valence-corrected chi connectivity index (χ1v) is 9.14. The van der Waals surface area contributed by atoms with Crippen LogP contribution in [0.25, 0.3) is 6.08 Å². The largest absolute Gasteiger partial charge is 0.494 e. The van der Waals surface area contributed by atoms with Crippen LogP contribution < -0.4 is 20.7 Å². The summed E-state index contributed by atoms with van der Waals surface area (Å²) in [5.74, 6) is -0.104. The highest BCUT2D eigenvalue weighted by Gasteiger charge is 2.12. The number of rotatable bonds is 6. The van der Waals surface area contributed by atoms with E-state index in [4.69, 9.17) is 17.0 Å². The molecule has 6 nitrogen and oxygen atoms in total. The number of carbonyl (C=O) groups excluding carboxylic acids is 2. The zero-order valence-electron chi connectivity index (χ0n) is 16.0. The van der Waals surface area contributed by atoms with Crippen LogP contribution in [0.2, 0.25) is 0 Å². The second-order valence-electron chi connectivity index (χ2n) is 6.25. The van der Waals surface area contributed by atoms with E-state index in [1.807, 2.05) is 44.2 Å². The Hall–Kier alpha value is -3.19. The summed E-state index contributed by atoms with van der Waals surface area (Å²) in [5.41, 5.74) is 2.10. The molecule has 0 unspecified atom stereocenters. The van der Waals surface area contributed by atoms with Crippen LogP contribution in [0.5, 0.6) is 5.75 Å². The van der Waals surface area contributed by atoms with Crippen LogP contribution in [-0.2, 0) is 9.59 Å². The van der Waals surface area contributed by atoms with Crippen LogP contribution in [-0.4, -0.2) is 24.0 Å². The van der Waals surface area contributed by atoms with Crippen LogP contribution in [0, 0.1) is 5.92 Å². The predicted octanol–water partition coefficient (Wildman–Crippen LogP) is 3.82. The molecule has 0 aliphatic heterocycles. The molecule has 2 aromatic carbocycles. The third-order valence-corrected chi connectivity index (χ3v) is 3.91. The molecule has 0 radical (unpaired) electrons. The van der Waals surface area contributed by atoms with Crippen LogP contribution in [0.1, 0.15) is 19.4 Å². The number of carbonyl (C=O) groups is 2. The number of anilines is 2. The van der Waals surface area contributed by atoms with E-state index in [1.54, 1.807) is 24.3 Å². The SMILES string of the molecule is COc1cc(NC(=S)NC(=O)C=Cc2ccccc2)ccc1NC(=O)C(C)C. The van der Waals surface area contributed by atoms with Gasteiger partial charge in [-0.2, -0.15) is 0 Å². The Kier molecular flexibility index (Phi) is 7.71. The van der Waals surface area contributed by atoms with Gasteiger partial charge in [-0.3, -0.25) is 14.9 Å². The van der Waals surface area contributed by atoms with Crippen molar-refractivity contribution in [3.05, 3.63) is 60.2 Å². The lowest BCUT2D eigenvalue weighted by Crippen LogP contribution is -2.32. The van der Waals surface area contributed by atoms with Crippen molar-refractivity contribution in [3.63, 3.8) is 0 Å². The van der Waals surface area contributed by atoms with E-state index in [0.29, 0.717) is 17.1 Å². The van der Waals surface area contributed by atoms with Gasteiger partial charge in [-0.1, -0.05) is 44.2 Å². The average Bonchev–Trinajstić information content (AvgIpc) is 2.68. The highest BCUT2D eigenvalue weighted by Crippen LogP contribution is 2.28. The van der Waals surface area contributed by atoms with Crippen molar-refractivity contribution in [3.8, 4) is 5.75 Å².